The molecule has 2 saturated carbocycles. The van der Waals surface area contributed by atoms with E-state index in [1.165, 1.54) is 19.3 Å². The molecular weight excluding hydrogens is 276 g/mol. The van der Waals surface area contributed by atoms with Crippen molar-refractivity contribution >= 4 is 5.91 Å². The number of hydrogen-bond donors (Lipinski definition) is 2. The molecule has 0 aliphatic heterocycles. The zero-order chi connectivity index (χ0) is 15.9. The number of carbonyl (C=O) groups excluding carboxylic acids is 1. The molecule has 1 amide bonds. The third kappa shape index (κ3) is 3.05. The van der Waals surface area contributed by atoms with Crippen molar-refractivity contribution in [1.82, 2.24) is 15.1 Å². The fourth-order valence-corrected chi connectivity index (χ4v) is 4.07. The number of rotatable bonds is 2. The van der Waals surface area contributed by atoms with E-state index < -0.39 is 0 Å². The number of amides is 1. The summed E-state index contributed by atoms with van der Waals surface area (Å²) >= 11 is 0. The average molecular weight is 304 g/mol. The molecule has 1 heterocycles. The van der Waals surface area contributed by atoms with Gasteiger partial charge in [0.15, 0.2) is 0 Å². The summed E-state index contributed by atoms with van der Waals surface area (Å²) in [5.74, 6) is 1.10. The maximum Gasteiger partial charge on any atom is 0.254 e. The molecule has 0 radical (unpaired) electrons. The zero-order valence-corrected chi connectivity index (χ0v) is 13.9. The molecule has 5 nitrogen and oxygen atoms in total. The van der Waals surface area contributed by atoms with Crippen LogP contribution in [0.25, 0.3) is 0 Å². The molecule has 0 spiro atoms. The van der Waals surface area contributed by atoms with Crippen molar-refractivity contribution in [1.29, 1.82) is 0 Å². The van der Waals surface area contributed by atoms with Gasteiger partial charge in [0.25, 0.3) is 5.91 Å². The maximum atomic E-state index is 12.6. The van der Waals surface area contributed by atoms with Gasteiger partial charge in [-0.15, -0.1) is 0 Å². The Hall–Kier alpha value is -1.36. The van der Waals surface area contributed by atoms with E-state index in [0.717, 1.165) is 12.8 Å². The summed E-state index contributed by atoms with van der Waals surface area (Å²) in [4.78, 5) is 12.6. The van der Waals surface area contributed by atoms with Gasteiger partial charge in [0.1, 0.15) is 0 Å². The first-order valence-electron chi connectivity index (χ1n) is 8.46. The monoisotopic (exact) mass is 304 g/mol. The lowest BCUT2D eigenvalue weighted by atomic mass is 9.67. The van der Waals surface area contributed by atoms with Crippen LogP contribution in [0, 0.1) is 11.8 Å². The van der Waals surface area contributed by atoms with E-state index in [0.29, 0.717) is 29.5 Å². The highest BCUT2D eigenvalue weighted by Gasteiger charge is 2.40. The number of carbonyl (C=O) groups is 1. The number of nitrogens with one attached hydrogen (secondary N) is 1. The minimum atomic E-state index is -0.105. The second-order valence-electron chi connectivity index (χ2n) is 8.03. The third-order valence-electron chi connectivity index (χ3n) is 5.21. The lowest BCUT2D eigenvalue weighted by molar-refractivity contribution is 0.0756. The fraction of sp³-hybridized carbons (Fsp3) is 0.765. The normalized spacial score (nSPS) is 31.8. The molecular formula is C17H28N4O. The first-order valence-corrected chi connectivity index (χ1v) is 8.46. The second-order valence-corrected chi connectivity index (χ2v) is 8.03. The Labute approximate surface area is 132 Å². The summed E-state index contributed by atoms with van der Waals surface area (Å²) in [6, 6.07) is 0.603. The van der Waals surface area contributed by atoms with Gasteiger partial charge in [-0.1, -0.05) is 6.42 Å². The highest BCUT2D eigenvalue weighted by molar-refractivity contribution is 5.93. The van der Waals surface area contributed by atoms with Gasteiger partial charge >= 0.3 is 0 Å². The lowest BCUT2D eigenvalue weighted by Gasteiger charge is -2.45. The van der Waals surface area contributed by atoms with E-state index >= 15 is 0 Å². The topological polar surface area (TPSA) is 72.9 Å². The van der Waals surface area contributed by atoms with Crippen LogP contribution in [0.5, 0.6) is 0 Å². The Balaban J connectivity index is 1.70. The van der Waals surface area contributed by atoms with Crippen LogP contribution in [0.3, 0.4) is 0 Å². The Bertz CT molecular complexity index is 531. The molecule has 122 valence electrons. The number of aromatic nitrogens is 2. The molecule has 22 heavy (non-hydrogen) atoms. The van der Waals surface area contributed by atoms with Crippen LogP contribution in [0.2, 0.25) is 0 Å². The summed E-state index contributed by atoms with van der Waals surface area (Å²) in [5, 5.41) is 7.60. The number of nitrogens with two attached hydrogens (primary N) is 1. The SMILES string of the molecule is CC(C)(C)n1cc(C(=O)NC2C3CCCC2CC(N)C3)cn1. The molecule has 2 unspecified atom stereocenters. The van der Waals surface area contributed by atoms with Crippen LogP contribution in [0.4, 0.5) is 0 Å². The van der Waals surface area contributed by atoms with Gasteiger partial charge < -0.3 is 11.1 Å². The van der Waals surface area contributed by atoms with Crippen LogP contribution < -0.4 is 11.1 Å². The summed E-state index contributed by atoms with van der Waals surface area (Å²) in [5.41, 5.74) is 6.71. The van der Waals surface area contributed by atoms with Crippen LogP contribution >= 0.6 is 0 Å². The zero-order valence-electron chi connectivity index (χ0n) is 13.9. The predicted octanol–water partition coefficient (Wildman–Crippen LogP) is 2.27. The molecule has 0 aromatic carbocycles. The molecule has 2 atom stereocenters. The van der Waals surface area contributed by atoms with Crippen molar-refractivity contribution in [2.24, 2.45) is 17.6 Å². The van der Waals surface area contributed by atoms with Gasteiger partial charge in [0.2, 0.25) is 0 Å². The summed E-state index contributed by atoms with van der Waals surface area (Å²) in [7, 11) is 0. The largest absolute Gasteiger partial charge is 0.349 e. The van der Waals surface area contributed by atoms with Crippen LogP contribution in [-0.4, -0.2) is 27.8 Å². The van der Waals surface area contributed by atoms with E-state index in [2.05, 4.69) is 31.2 Å². The van der Waals surface area contributed by atoms with Gasteiger partial charge in [0, 0.05) is 18.3 Å². The number of fused-ring (bicyclic) bond motifs is 2. The minimum Gasteiger partial charge on any atom is -0.349 e. The molecule has 2 fully saturated rings. The summed E-state index contributed by atoms with van der Waals surface area (Å²) in [6.07, 6.45) is 9.26. The number of nitrogens with zero attached hydrogens (tertiary/aromatic N) is 2. The molecule has 1 aromatic heterocycles. The van der Waals surface area contributed by atoms with E-state index in [4.69, 9.17) is 5.73 Å². The van der Waals surface area contributed by atoms with Gasteiger partial charge in [-0.05, 0) is 58.3 Å². The molecule has 2 aliphatic rings. The van der Waals surface area contributed by atoms with E-state index in [-0.39, 0.29) is 11.4 Å². The second kappa shape index (κ2) is 5.69. The highest BCUT2D eigenvalue weighted by Crippen LogP contribution is 2.39. The standard InChI is InChI=1S/C17H28N4O/c1-17(2,3)21-10-13(9-19-21)16(22)20-15-11-5-4-6-12(15)8-14(18)7-11/h9-12,14-15H,4-8,18H2,1-3H3,(H,20,22). The predicted molar refractivity (Wildman–Crippen MR) is 86.5 cm³/mol. The van der Waals surface area contributed by atoms with Crippen molar-refractivity contribution in [2.75, 3.05) is 0 Å². The Morgan fingerprint density at radius 2 is 1.95 bits per heavy atom. The highest BCUT2D eigenvalue weighted by atomic mass is 16.1. The molecule has 2 aliphatic carbocycles. The Kier molecular flexibility index (Phi) is 4.02. The molecule has 1 aromatic rings. The van der Waals surface area contributed by atoms with Crippen molar-refractivity contribution < 1.29 is 4.79 Å². The van der Waals surface area contributed by atoms with Crippen molar-refractivity contribution in [3.05, 3.63) is 18.0 Å². The van der Waals surface area contributed by atoms with Crippen molar-refractivity contribution in [2.45, 2.75) is 70.5 Å². The third-order valence-corrected chi connectivity index (χ3v) is 5.21. The van der Waals surface area contributed by atoms with Gasteiger partial charge in [-0.25, -0.2) is 0 Å². The van der Waals surface area contributed by atoms with Gasteiger partial charge in [0.05, 0.1) is 17.3 Å². The first kappa shape index (κ1) is 15.5. The fourth-order valence-electron chi connectivity index (χ4n) is 4.07. The van der Waals surface area contributed by atoms with Crippen LogP contribution in [0.15, 0.2) is 12.4 Å². The Morgan fingerprint density at radius 1 is 1.32 bits per heavy atom. The molecule has 3 rings (SSSR count). The first-order chi connectivity index (χ1) is 10.3. The average Bonchev–Trinajstić information content (AvgIpc) is 2.89. The van der Waals surface area contributed by atoms with Gasteiger partial charge in [-0.3, -0.25) is 9.48 Å². The quantitative estimate of drug-likeness (QED) is 0.880. The Morgan fingerprint density at radius 3 is 2.50 bits per heavy atom. The molecule has 3 N–H and O–H groups in total. The smallest absolute Gasteiger partial charge is 0.254 e. The number of hydrogen-bond acceptors (Lipinski definition) is 3. The maximum absolute atomic E-state index is 12.6. The van der Waals surface area contributed by atoms with Crippen molar-refractivity contribution in [3.63, 3.8) is 0 Å². The van der Waals surface area contributed by atoms with E-state index in [1.807, 2.05) is 10.9 Å². The van der Waals surface area contributed by atoms with E-state index in [9.17, 15) is 4.79 Å². The molecule has 5 heteroatoms. The lowest BCUT2D eigenvalue weighted by Crippen LogP contribution is -2.53. The van der Waals surface area contributed by atoms with E-state index in [1.54, 1.807) is 6.20 Å². The van der Waals surface area contributed by atoms with Crippen LogP contribution in [-0.2, 0) is 5.54 Å². The molecule has 0 saturated heterocycles. The summed E-state index contributed by atoms with van der Waals surface area (Å²) < 4.78 is 1.85. The molecule has 2 bridgehead atoms. The van der Waals surface area contributed by atoms with Crippen molar-refractivity contribution in [3.8, 4) is 0 Å². The summed E-state index contributed by atoms with van der Waals surface area (Å²) in [6.45, 7) is 6.23. The van der Waals surface area contributed by atoms with Gasteiger partial charge in [-0.2, -0.15) is 5.10 Å². The van der Waals surface area contributed by atoms with Crippen LogP contribution in [0.1, 0.15) is 63.2 Å². The minimum absolute atomic E-state index is 0.00729.